The van der Waals surface area contributed by atoms with Gasteiger partial charge in [-0.15, -0.1) is 0 Å². The summed E-state index contributed by atoms with van der Waals surface area (Å²) < 4.78 is 30.4. The predicted octanol–water partition coefficient (Wildman–Crippen LogP) is 4.46. The molecule has 0 rings (SSSR count). The first-order chi connectivity index (χ1) is 8.82. The summed E-state index contributed by atoms with van der Waals surface area (Å²) in [7, 11) is -3.37. The van der Waals surface area contributed by atoms with Crippen LogP contribution in [0.5, 0.6) is 0 Å². The van der Waals surface area contributed by atoms with E-state index in [0.717, 1.165) is 50.3 Å². The van der Waals surface area contributed by atoms with Crippen molar-refractivity contribution < 1.29 is 12.4 Å². The molecule has 0 N–H and O–H groups in total. The quantitative estimate of drug-likeness (QED) is 0.418. The second-order valence-electron chi connectivity index (χ2n) is 5.52. The van der Waals surface area contributed by atoms with Gasteiger partial charge in [-0.05, 0) is 0 Å². The summed E-state index contributed by atoms with van der Waals surface area (Å²) in [6.07, 6.45) is 7.38. The molecule has 0 fully saturated rings. The Morgan fingerprint density at radius 2 is 1.26 bits per heavy atom. The van der Waals surface area contributed by atoms with E-state index in [9.17, 15) is 8.42 Å². The molecule has 0 spiro atoms. The average molecular weight is 312 g/mol. The zero-order valence-electron chi connectivity index (χ0n) is 13.4. The fraction of sp³-hybridized carbons (Fsp3) is 1.00. The minimum atomic E-state index is -3.37. The molecule has 0 aromatic rings. The molecule has 118 valence electrons. The van der Waals surface area contributed by atoms with Crippen molar-refractivity contribution in [2.75, 3.05) is 30.4 Å². The first-order valence-corrected chi connectivity index (χ1v) is 12.2. The van der Waals surface area contributed by atoms with Crippen LogP contribution in [-0.2, 0) is 14.1 Å². The van der Waals surface area contributed by atoms with Crippen LogP contribution in [0.1, 0.15) is 60.3 Å². The summed E-state index contributed by atoms with van der Waals surface area (Å²) in [5.74, 6) is 0.185. The van der Waals surface area contributed by atoms with Crippen LogP contribution < -0.4 is 0 Å². The topological polar surface area (TPSA) is 43.4 Å². The van der Waals surface area contributed by atoms with E-state index in [1.54, 1.807) is 0 Å². The zero-order chi connectivity index (χ0) is 15.0. The Kier molecular flexibility index (Phi) is 8.09. The molecule has 0 aliphatic carbocycles. The van der Waals surface area contributed by atoms with Gasteiger partial charge in [0.15, 0.2) is 0 Å². The Bertz CT molecular complexity index is 324. The van der Waals surface area contributed by atoms with Crippen LogP contribution in [0.15, 0.2) is 0 Å². The van der Waals surface area contributed by atoms with E-state index in [1.165, 1.54) is 0 Å². The monoisotopic (exact) mass is 312 g/mol. The maximum atomic E-state index is 12.3. The summed E-state index contributed by atoms with van der Waals surface area (Å²) in [6.45, 7) is 7.95. The average Bonchev–Trinajstić information content (AvgIpc) is 2.42. The van der Waals surface area contributed by atoms with Gasteiger partial charge in [-0.1, -0.05) is 0 Å². The zero-order valence-corrected chi connectivity index (χ0v) is 15.2. The molecule has 0 saturated heterocycles. The van der Waals surface area contributed by atoms with E-state index >= 15 is 0 Å². The van der Waals surface area contributed by atoms with Gasteiger partial charge in [0.25, 0.3) is 0 Å². The van der Waals surface area contributed by atoms with E-state index in [-0.39, 0.29) is 5.75 Å². The third-order valence-electron chi connectivity index (χ3n) is 4.77. The molecule has 0 atom stereocenters. The summed E-state index contributed by atoms with van der Waals surface area (Å²) in [6, 6.07) is 0. The molecule has 5 heteroatoms. The predicted molar refractivity (Wildman–Crippen MR) is 88.1 cm³/mol. The van der Waals surface area contributed by atoms with Crippen LogP contribution in [0.3, 0.4) is 0 Å². The third kappa shape index (κ3) is 5.32. The molecular formula is C14H33O3PS. The van der Waals surface area contributed by atoms with Gasteiger partial charge in [0.2, 0.25) is 0 Å². The van der Waals surface area contributed by atoms with Crippen molar-refractivity contribution in [1.29, 1.82) is 0 Å². The molecule has 0 bridgehead atoms. The van der Waals surface area contributed by atoms with Gasteiger partial charge in [-0.2, -0.15) is 0 Å². The van der Waals surface area contributed by atoms with Crippen LogP contribution >= 0.6 is 6.83 Å². The first-order valence-electron chi connectivity index (χ1n) is 7.77. The molecule has 19 heavy (non-hydrogen) atoms. The van der Waals surface area contributed by atoms with E-state index < -0.39 is 16.9 Å². The standard InChI is InChI=1S/C14H33O3PS/c1-6-11-12-13-14-19(15,16)17-18(7-2,8-3,9-4)10-5/h6-14H2,1-5H3. The Labute approximate surface area is 120 Å². The Morgan fingerprint density at radius 3 is 1.63 bits per heavy atom. The fourth-order valence-electron chi connectivity index (χ4n) is 2.62. The number of unbranched alkanes of at least 4 members (excludes halogenated alkanes) is 3. The molecule has 0 unspecified atom stereocenters. The SMILES string of the molecule is CCCCCCS(=O)(=O)OP(CC)(CC)(CC)CC. The van der Waals surface area contributed by atoms with E-state index in [0.29, 0.717) is 0 Å². The van der Waals surface area contributed by atoms with Crippen molar-refractivity contribution in [3.05, 3.63) is 0 Å². The second kappa shape index (κ2) is 7.95. The van der Waals surface area contributed by atoms with Crippen LogP contribution in [0, 0.1) is 0 Å². The van der Waals surface area contributed by atoms with Gasteiger partial charge in [0.1, 0.15) is 0 Å². The number of hydrogen-bond donors (Lipinski definition) is 0. The molecule has 0 aromatic heterocycles. The molecule has 0 aliphatic heterocycles. The molecule has 0 aromatic carbocycles. The molecule has 0 saturated carbocycles. The van der Waals surface area contributed by atoms with Crippen LogP contribution in [0.25, 0.3) is 0 Å². The van der Waals surface area contributed by atoms with E-state index in [4.69, 9.17) is 3.97 Å². The first kappa shape index (κ1) is 19.3. The Hall–Kier alpha value is 0.340. The number of rotatable bonds is 11. The van der Waals surface area contributed by atoms with Crippen molar-refractivity contribution in [2.45, 2.75) is 60.3 Å². The molecule has 0 heterocycles. The molecule has 3 nitrogen and oxygen atoms in total. The molecule has 0 radical (unpaired) electrons. The summed E-state index contributed by atoms with van der Waals surface area (Å²) >= 11 is 0. The Balaban J connectivity index is 4.85. The van der Waals surface area contributed by atoms with Gasteiger partial charge in [0, 0.05) is 0 Å². The van der Waals surface area contributed by atoms with E-state index in [1.807, 2.05) is 0 Å². The van der Waals surface area contributed by atoms with Gasteiger partial charge in [-0.25, -0.2) is 0 Å². The Morgan fingerprint density at radius 1 is 0.789 bits per heavy atom. The van der Waals surface area contributed by atoms with E-state index in [2.05, 4.69) is 34.6 Å². The molecule has 0 aliphatic rings. The van der Waals surface area contributed by atoms with Crippen LogP contribution in [0.2, 0.25) is 0 Å². The minimum absolute atomic E-state index is 0.185. The summed E-state index contributed by atoms with van der Waals surface area (Å²) in [5.41, 5.74) is 0. The van der Waals surface area contributed by atoms with Gasteiger partial charge in [0.05, 0.1) is 0 Å². The van der Waals surface area contributed by atoms with Gasteiger partial charge < -0.3 is 0 Å². The van der Waals surface area contributed by atoms with Gasteiger partial charge >= 0.3 is 120 Å². The third-order valence-corrected chi connectivity index (χ3v) is 14.6. The summed E-state index contributed by atoms with van der Waals surface area (Å²) in [4.78, 5) is 0. The summed E-state index contributed by atoms with van der Waals surface area (Å²) in [5, 5.41) is 0. The number of hydrogen-bond acceptors (Lipinski definition) is 3. The van der Waals surface area contributed by atoms with Crippen molar-refractivity contribution in [1.82, 2.24) is 0 Å². The fourth-order valence-corrected chi connectivity index (χ4v) is 10.4. The van der Waals surface area contributed by atoms with Crippen molar-refractivity contribution >= 4 is 16.9 Å². The second-order valence-corrected chi connectivity index (χ2v) is 13.9. The molecule has 0 amide bonds. The maximum absolute atomic E-state index is 12.3. The van der Waals surface area contributed by atoms with Crippen LogP contribution in [0.4, 0.5) is 0 Å². The van der Waals surface area contributed by atoms with Crippen molar-refractivity contribution in [3.63, 3.8) is 0 Å². The molecular weight excluding hydrogens is 279 g/mol. The van der Waals surface area contributed by atoms with Crippen LogP contribution in [-0.4, -0.2) is 38.8 Å². The van der Waals surface area contributed by atoms with Crippen molar-refractivity contribution in [2.24, 2.45) is 0 Å². The normalized spacial score (nSPS) is 15.1. The van der Waals surface area contributed by atoms with Crippen molar-refractivity contribution in [3.8, 4) is 0 Å². The van der Waals surface area contributed by atoms with Gasteiger partial charge in [-0.3, -0.25) is 0 Å².